The van der Waals surface area contributed by atoms with Crippen LogP contribution in [0.4, 0.5) is 0 Å². The van der Waals surface area contributed by atoms with Crippen molar-refractivity contribution in [1.29, 1.82) is 0 Å². The SMILES string of the molecule is CCc1ccccc1C(=O)C1CCCC(=O)N1. The number of carbonyl (C=O) groups is 2. The standard InChI is InChI=1S/C14H17NO2/c1-2-10-6-3-4-7-11(10)14(17)12-8-5-9-13(16)15-12/h3-4,6-7,12H,2,5,8-9H2,1H3,(H,15,16). The van der Waals surface area contributed by atoms with Gasteiger partial charge in [-0.1, -0.05) is 31.2 Å². The topological polar surface area (TPSA) is 46.2 Å². The van der Waals surface area contributed by atoms with Crippen LogP contribution in [0.25, 0.3) is 0 Å². The van der Waals surface area contributed by atoms with Gasteiger partial charge in [-0.2, -0.15) is 0 Å². The number of rotatable bonds is 3. The van der Waals surface area contributed by atoms with E-state index in [1.165, 1.54) is 0 Å². The van der Waals surface area contributed by atoms with Crippen LogP contribution in [-0.2, 0) is 11.2 Å². The van der Waals surface area contributed by atoms with E-state index in [2.05, 4.69) is 5.32 Å². The molecule has 1 N–H and O–H groups in total. The van der Waals surface area contributed by atoms with E-state index in [-0.39, 0.29) is 17.7 Å². The lowest BCUT2D eigenvalue weighted by Gasteiger charge is -2.22. The summed E-state index contributed by atoms with van der Waals surface area (Å²) in [5.74, 6) is 0.0408. The van der Waals surface area contributed by atoms with Gasteiger partial charge in [-0.05, 0) is 24.8 Å². The van der Waals surface area contributed by atoms with Crippen molar-refractivity contribution in [2.24, 2.45) is 0 Å². The van der Waals surface area contributed by atoms with E-state index in [4.69, 9.17) is 0 Å². The number of piperidine rings is 1. The van der Waals surface area contributed by atoms with Crippen LogP contribution in [0.5, 0.6) is 0 Å². The Morgan fingerprint density at radius 1 is 1.41 bits per heavy atom. The van der Waals surface area contributed by atoms with Gasteiger partial charge in [0, 0.05) is 12.0 Å². The van der Waals surface area contributed by atoms with Gasteiger partial charge in [0.2, 0.25) is 5.91 Å². The molecule has 1 heterocycles. The third-order valence-electron chi connectivity index (χ3n) is 3.21. The Balaban J connectivity index is 2.21. The Bertz CT molecular complexity index is 440. The van der Waals surface area contributed by atoms with Crippen molar-refractivity contribution >= 4 is 11.7 Å². The van der Waals surface area contributed by atoms with Crippen LogP contribution in [0.3, 0.4) is 0 Å². The first-order valence-electron chi connectivity index (χ1n) is 6.14. The molecule has 1 amide bonds. The van der Waals surface area contributed by atoms with Crippen molar-refractivity contribution in [3.63, 3.8) is 0 Å². The van der Waals surface area contributed by atoms with Gasteiger partial charge in [0.25, 0.3) is 0 Å². The number of amides is 1. The summed E-state index contributed by atoms with van der Waals surface area (Å²) < 4.78 is 0. The molecule has 3 nitrogen and oxygen atoms in total. The Morgan fingerprint density at radius 3 is 2.88 bits per heavy atom. The minimum absolute atomic E-state index is 0.0106. The zero-order chi connectivity index (χ0) is 12.3. The maximum absolute atomic E-state index is 12.3. The van der Waals surface area contributed by atoms with E-state index in [0.29, 0.717) is 6.42 Å². The first kappa shape index (κ1) is 11.8. The van der Waals surface area contributed by atoms with Gasteiger partial charge in [-0.3, -0.25) is 9.59 Å². The van der Waals surface area contributed by atoms with E-state index in [1.54, 1.807) is 0 Å². The number of hydrogen-bond donors (Lipinski definition) is 1. The van der Waals surface area contributed by atoms with Crippen LogP contribution in [-0.4, -0.2) is 17.7 Å². The molecule has 17 heavy (non-hydrogen) atoms. The summed E-state index contributed by atoms with van der Waals surface area (Å²) in [4.78, 5) is 23.6. The largest absolute Gasteiger partial charge is 0.346 e. The Hall–Kier alpha value is -1.64. The lowest BCUT2D eigenvalue weighted by atomic mass is 9.92. The smallest absolute Gasteiger partial charge is 0.220 e. The van der Waals surface area contributed by atoms with Crippen LogP contribution >= 0.6 is 0 Å². The number of nitrogens with one attached hydrogen (secondary N) is 1. The number of Topliss-reactive ketones (excluding diaryl/α,β-unsaturated/α-hetero) is 1. The summed E-state index contributed by atoms with van der Waals surface area (Å²) in [5, 5.41) is 2.78. The summed E-state index contributed by atoms with van der Waals surface area (Å²) in [6.45, 7) is 2.03. The van der Waals surface area contributed by atoms with Crippen molar-refractivity contribution in [1.82, 2.24) is 5.32 Å². The second-order valence-corrected chi connectivity index (χ2v) is 4.39. The van der Waals surface area contributed by atoms with Gasteiger partial charge >= 0.3 is 0 Å². The summed E-state index contributed by atoms with van der Waals surface area (Å²) in [6, 6.07) is 7.30. The van der Waals surface area contributed by atoms with Crippen molar-refractivity contribution in [2.75, 3.05) is 0 Å². The average Bonchev–Trinajstić information content (AvgIpc) is 2.38. The maximum Gasteiger partial charge on any atom is 0.220 e. The average molecular weight is 231 g/mol. The minimum Gasteiger partial charge on any atom is -0.346 e. The van der Waals surface area contributed by atoms with Crippen LogP contribution < -0.4 is 5.32 Å². The molecule has 0 aromatic heterocycles. The molecule has 1 fully saturated rings. The molecule has 90 valence electrons. The Labute approximate surface area is 101 Å². The molecule has 0 radical (unpaired) electrons. The van der Waals surface area contributed by atoms with E-state index in [1.807, 2.05) is 31.2 Å². The van der Waals surface area contributed by atoms with Crippen molar-refractivity contribution < 1.29 is 9.59 Å². The number of benzene rings is 1. The van der Waals surface area contributed by atoms with Gasteiger partial charge in [-0.25, -0.2) is 0 Å². The molecule has 0 bridgehead atoms. The molecule has 3 heteroatoms. The molecule has 1 unspecified atom stereocenters. The molecule has 1 aliphatic rings. The second-order valence-electron chi connectivity index (χ2n) is 4.39. The highest BCUT2D eigenvalue weighted by atomic mass is 16.2. The van der Waals surface area contributed by atoms with Crippen molar-refractivity contribution in [3.8, 4) is 0 Å². The first-order chi connectivity index (χ1) is 8.22. The highest BCUT2D eigenvalue weighted by Crippen LogP contribution is 2.17. The fourth-order valence-corrected chi connectivity index (χ4v) is 2.26. The molecular weight excluding hydrogens is 214 g/mol. The first-order valence-corrected chi connectivity index (χ1v) is 6.14. The monoisotopic (exact) mass is 231 g/mol. The number of ketones is 1. The summed E-state index contributed by atoms with van der Waals surface area (Å²) >= 11 is 0. The van der Waals surface area contributed by atoms with Gasteiger partial charge in [0.05, 0.1) is 6.04 Å². The molecule has 0 spiro atoms. The van der Waals surface area contributed by atoms with Gasteiger partial charge in [0.15, 0.2) is 5.78 Å². The lowest BCUT2D eigenvalue weighted by molar-refractivity contribution is -0.122. The van der Waals surface area contributed by atoms with Crippen LogP contribution in [0, 0.1) is 0 Å². The number of hydrogen-bond acceptors (Lipinski definition) is 2. The van der Waals surface area contributed by atoms with Crippen LogP contribution in [0.2, 0.25) is 0 Å². The fourth-order valence-electron chi connectivity index (χ4n) is 2.26. The molecule has 1 aromatic carbocycles. The molecule has 1 aliphatic heterocycles. The third-order valence-corrected chi connectivity index (χ3v) is 3.21. The van der Waals surface area contributed by atoms with Crippen molar-refractivity contribution in [2.45, 2.75) is 38.6 Å². The minimum atomic E-state index is -0.330. The third kappa shape index (κ3) is 2.54. The summed E-state index contributed by atoms with van der Waals surface area (Å²) in [6.07, 6.45) is 2.93. The summed E-state index contributed by atoms with van der Waals surface area (Å²) in [7, 11) is 0. The lowest BCUT2D eigenvalue weighted by Crippen LogP contribution is -2.44. The Kier molecular flexibility index (Phi) is 3.57. The highest BCUT2D eigenvalue weighted by molar-refractivity contribution is 6.03. The second kappa shape index (κ2) is 5.13. The van der Waals surface area contributed by atoms with Gasteiger partial charge < -0.3 is 5.32 Å². The molecule has 1 atom stereocenters. The molecular formula is C14H17NO2. The zero-order valence-electron chi connectivity index (χ0n) is 10.0. The molecule has 0 aliphatic carbocycles. The molecule has 1 aromatic rings. The molecule has 2 rings (SSSR count). The van der Waals surface area contributed by atoms with Gasteiger partial charge in [0.1, 0.15) is 0 Å². The van der Waals surface area contributed by atoms with Crippen LogP contribution in [0.1, 0.15) is 42.1 Å². The zero-order valence-corrected chi connectivity index (χ0v) is 10.0. The quantitative estimate of drug-likeness (QED) is 0.810. The Morgan fingerprint density at radius 2 is 2.18 bits per heavy atom. The van der Waals surface area contributed by atoms with Crippen LogP contribution in [0.15, 0.2) is 24.3 Å². The maximum atomic E-state index is 12.3. The number of aryl methyl sites for hydroxylation is 1. The highest BCUT2D eigenvalue weighted by Gasteiger charge is 2.26. The normalized spacial score (nSPS) is 19.8. The molecule has 1 saturated heterocycles. The fraction of sp³-hybridized carbons (Fsp3) is 0.429. The van der Waals surface area contributed by atoms with E-state index in [9.17, 15) is 9.59 Å². The van der Waals surface area contributed by atoms with E-state index >= 15 is 0 Å². The molecule has 0 saturated carbocycles. The predicted octanol–water partition coefficient (Wildman–Crippen LogP) is 2.10. The van der Waals surface area contributed by atoms with Gasteiger partial charge in [-0.15, -0.1) is 0 Å². The van der Waals surface area contributed by atoms with E-state index in [0.717, 1.165) is 30.4 Å². The number of carbonyl (C=O) groups excluding carboxylic acids is 2. The van der Waals surface area contributed by atoms with E-state index < -0.39 is 0 Å². The summed E-state index contributed by atoms with van der Waals surface area (Å²) in [5.41, 5.74) is 1.81. The predicted molar refractivity (Wildman–Crippen MR) is 65.9 cm³/mol. The van der Waals surface area contributed by atoms with Crippen molar-refractivity contribution in [3.05, 3.63) is 35.4 Å².